The first-order chi connectivity index (χ1) is 10.3. The van der Waals surface area contributed by atoms with Gasteiger partial charge in [0.1, 0.15) is 5.60 Å². The van der Waals surface area contributed by atoms with Gasteiger partial charge in [-0.1, -0.05) is 15.9 Å². The molecule has 3 unspecified atom stereocenters. The van der Waals surface area contributed by atoms with Crippen LogP contribution < -0.4 is 0 Å². The monoisotopic (exact) mass is 379 g/mol. The summed E-state index contributed by atoms with van der Waals surface area (Å²) in [6, 6.07) is 0. The minimum Gasteiger partial charge on any atom is -0.444 e. The van der Waals surface area contributed by atoms with Crippen LogP contribution in [-0.2, 0) is 18.9 Å². The molecule has 0 aliphatic carbocycles. The summed E-state index contributed by atoms with van der Waals surface area (Å²) >= 11 is 3.58. The number of carbonyl (C=O) groups is 1. The number of amides is 1. The van der Waals surface area contributed by atoms with E-state index in [2.05, 4.69) is 15.9 Å². The molecule has 0 N–H and O–H groups in total. The van der Waals surface area contributed by atoms with E-state index in [-0.39, 0.29) is 23.1 Å². The van der Waals surface area contributed by atoms with Gasteiger partial charge in [0.05, 0.1) is 43.4 Å². The van der Waals surface area contributed by atoms with Gasteiger partial charge >= 0.3 is 6.09 Å². The number of rotatable bonds is 5. The van der Waals surface area contributed by atoms with Gasteiger partial charge in [-0.25, -0.2) is 4.79 Å². The summed E-state index contributed by atoms with van der Waals surface area (Å²) in [6.45, 7) is 9.26. The normalized spacial score (nSPS) is 29.1. The summed E-state index contributed by atoms with van der Waals surface area (Å²) in [7, 11) is 0. The molecule has 0 radical (unpaired) electrons. The molecule has 2 fully saturated rings. The molecule has 6 nitrogen and oxygen atoms in total. The Morgan fingerprint density at radius 1 is 1.27 bits per heavy atom. The standard InChI is InChI=1S/C15H26BrNO5/c1-15(2,3)22-14(18)17-8-12(16)13(9-17)21-7-6-20-11-4-5-19-10-11/h11-13H,4-10H2,1-3H3. The molecule has 0 spiro atoms. The molecule has 2 heterocycles. The van der Waals surface area contributed by atoms with Crippen LogP contribution in [-0.4, -0.2) is 73.1 Å². The smallest absolute Gasteiger partial charge is 0.410 e. The number of alkyl halides is 1. The van der Waals surface area contributed by atoms with Crippen molar-refractivity contribution in [2.75, 3.05) is 39.5 Å². The minimum atomic E-state index is -0.477. The topological polar surface area (TPSA) is 57.2 Å². The van der Waals surface area contributed by atoms with Crippen LogP contribution in [0.5, 0.6) is 0 Å². The zero-order chi connectivity index (χ0) is 16.2. The van der Waals surface area contributed by atoms with Gasteiger partial charge in [0, 0.05) is 13.2 Å². The average Bonchev–Trinajstić information content (AvgIpc) is 3.03. The zero-order valence-corrected chi connectivity index (χ0v) is 15.1. The predicted molar refractivity (Wildman–Crippen MR) is 85.4 cm³/mol. The molecule has 22 heavy (non-hydrogen) atoms. The Kier molecular flexibility index (Phi) is 6.49. The van der Waals surface area contributed by atoms with Crippen molar-refractivity contribution in [2.24, 2.45) is 0 Å². The van der Waals surface area contributed by atoms with E-state index >= 15 is 0 Å². The minimum absolute atomic E-state index is 0.0315. The Morgan fingerprint density at radius 3 is 2.64 bits per heavy atom. The third-order valence-electron chi connectivity index (χ3n) is 3.51. The Balaban J connectivity index is 1.66. The highest BCUT2D eigenvalue weighted by Crippen LogP contribution is 2.22. The van der Waals surface area contributed by atoms with Gasteiger partial charge in [-0.05, 0) is 27.2 Å². The molecule has 128 valence electrons. The van der Waals surface area contributed by atoms with Crippen LogP contribution in [0.4, 0.5) is 4.79 Å². The Morgan fingerprint density at radius 2 is 2.00 bits per heavy atom. The molecular formula is C15H26BrNO5. The van der Waals surface area contributed by atoms with Gasteiger partial charge in [0.25, 0.3) is 0 Å². The van der Waals surface area contributed by atoms with Crippen molar-refractivity contribution in [2.45, 2.75) is 49.8 Å². The summed E-state index contributed by atoms with van der Waals surface area (Å²) < 4.78 is 22.1. The van der Waals surface area contributed by atoms with E-state index in [0.29, 0.717) is 32.9 Å². The summed E-state index contributed by atoms with van der Waals surface area (Å²) in [6.07, 6.45) is 0.834. The number of hydrogen-bond donors (Lipinski definition) is 0. The van der Waals surface area contributed by atoms with Crippen molar-refractivity contribution in [3.8, 4) is 0 Å². The number of hydrogen-bond acceptors (Lipinski definition) is 5. The number of nitrogens with zero attached hydrogens (tertiary/aromatic N) is 1. The van der Waals surface area contributed by atoms with Crippen molar-refractivity contribution in [1.29, 1.82) is 0 Å². The molecule has 2 aliphatic rings. The second-order valence-corrected chi connectivity index (χ2v) is 7.84. The third-order valence-corrected chi connectivity index (χ3v) is 4.39. The van der Waals surface area contributed by atoms with E-state index in [9.17, 15) is 4.79 Å². The van der Waals surface area contributed by atoms with Crippen LogP contribution in [0.1, 0.15) is 27.2 Å². The fraction of sp³-hybridized carbons (Fsp3) is 0.933. The van der Waals surface area contributed by atoms with E-state index in [1.165, 1.54) is 0 Å². The molecule has 7 heteroatoms. The van der Waals surface area contributed by atoms with Gasteiger partial charge in [0.2, 0.25) is 0 Å². The van der Waals surface area contributed by atoms with Gasteiger partial charge in [-0.3, -0.25) is 0 Å². The lowest BCUT2D eigenvalue weighted by atomic mass is 10.2. The van der Waals surface area contributed by atoms with Crippen molar-refractivity contribution in [1.82, 2.24) is 4.90 Å². The van der Waals surface area contributed by atoms with Crippen molar-refractivity contribution in [3.05, 3.63) is 0 Å². The number of likely N-dealkylation sites (tertiary alicyclic amines) is 1. The maximum atomic E-state index is 12.0. The first kappa shape index (κ1) is 18.0. The van der Waals surface area contributed by atoms with Crippen molar-refractivity contribution < 1.29 is 23.7 Å². The van der Waals surface area contributed by atoms with Crippen LogP contribution in [0.2, 0.25) is 0 Å². The summed E-state index contributed by atoms with van der Waals surface area (Å²) in [5, 5.41) is 0. The van der Waals surface area contributed by atoms with Crippen LogP contribution in [0.3, 0.4) is 0 Å². The molecule has 3 atom stereocenters. The van der Waals surface area contributed by atoms with Crippen molar-refractivity contribution >= 4 is 22.0 Å². The third kappa shape index (κ3) is 5.68. The maximum absolute atomic E-state index is 12.0. The lowest BCUT2D eigenvalue weighted by molar-refractivity contribution is -0.0208. The number of ether oxygens (including phenoxy) is 4. The molecule has 2 saturated heterocycles. The second kappa shape index (κ2) is 7.95. The predicted octanol–water partition coefficient (Wildman–Crippen LogP) is 2.19. The quantitative estimate of drug-likeness (QED) is 0.541. The largest absolute Gasteiger partial charge is 0.444 e. The van der Waals surface area contributed by atoms with E-state index < -0.39 is 5.60 Å². The molecule has 0 aromatic heterocycles. The Hall–Kier alpha value is -0.370. The SMILES string of the molecule is CC(C)(C)OC(=O)N1CC(Br)C(OCCOC2CCOC2)C1. The molecule has 1 amide bonds. The summed E-state index contributed by atoms with van der Waals surface area (Å²) in [5.41, 5.74) is -0.477. The lowest BCUT2D eigenvalue weighted by Gasteiger charge is -2.24. The Bertz CT molecular complexity index is 367. The van der Waals surface area contributed by atoms with Crippen molar-refractivity contribution in [3.63, 3.8) is 0 Å². The number of halogens is 1. The Labute approximate surface area is 140 Å². The molecule has 0 saturated carbocycles. The molecule has 2 aliphatic heterocycles. The van der Waals surface area contributed by atoms with Gasteiger partial charge in [-0.15, -0.1) is 0 Å². The highest BCUT2D eigenvalue weighted by molar-refractivity contribution is 9.09. The maximum Gasteiger partial charge on any atom is 0.410 e. The highest BCUT2D eigenvalue weighted by Gasteiger charge is 2.36. The van der Waals surface area contributed by atoms with E-state index in [4.69, 9.17) is 18.9 Å². The van der Waals surface area contributed by atoms with Gasteiger partial charge in [0.15, 0.2) is 0 Å². The summed E-state index contributed by atoms with van der Waals surface area (Å²) in [4.78, 5) is 13.8. The van der Waals surface area contributed by atoms with E-state index in [0.717, 1.165) is 13.0 Å². The van der Waals surface area contributed by atoms with E-state index in [1.807, 2.05) is 20.8 Å². The summed E-state index contributed by atoms with van der Waals surface area (Å²) in [5.74, 6) is 0. The van der Waals surface area contributed by atoms with Crippen LogP contribution >= 0.6 is 15.9 Å². The first-order valence-corrected chi connectivity index (χ1v) is 8.69. The molecular weight excluding hydrogens is 354 g/mol. The van der Waals surface area contributed by atoms with Gasteiger partial charge < -0.3 is 23.8 Å². The van der Waals surface area contributed by atoms with Gasteiger partial charge in [-0.2, -0.15) is 0 Å². The lowest BCUT2D eigenvalue weighted by Crippen LogP contribution is -2.36. The zero-order valence-electron chi connectivity index (χ0n) is 13.5. The van der Waals surface area contributed by atoms with E-state index in [1.54, 1.807) is 4.90 Å². The molecule has 0 aromatic carbocycles. The van der Waals surface area contributed by atoms with Crippen LogP contribution in [0.25, 0.3) is 0 Å². The fourth-order valence-electron chi connectivity index (χ4n) is 2.43. The van der Waals surface area contributed by atoms with Crippen LogP contribution in [0.15, 0.2) is 0 Å². The molecule has 0 aromatic rings. The second-order valence-electron chi connectivity index (χ2n) is 6.67. The molecule has 2 rings (SSSR count). The first-order valence-electron chi connectivity index (χ1n) is 7.78. The number of carbonyl (C=O) groups excluding carboxylic acids is 1. The average molecular weight is 380 g/mol. The fourth-order valence-corrected chi connectivity index (χ4v) is 3.09. The van der Waals surface area contributed by atoms with Crippen LogP contribution in [0, 0.1) is 0 Å². The highest BCUT2D eigenvalue weighted by atomic mass is 79.9. The molecule has 0 bridgehead atoms.